The van der Waals surface area contributed by atoms with Gasteiger partial charge in [0.25, 0.3) is 5.91 Å². The molecule has 0 spiro atoms. The summed E-state index contributed by atoms with van der Waals surface area (Å²) in [5, 5.41) is 12.8. The number of aliphatic carboxylic acids is 1. The molecule has 0 heterocycles. The highest BCUT2D eigenvalue weighted by Crippen LogP contribution is 2.50. The second-order valence-electron chi connectivity index (χ2n) is 13.7. The minimum Gasteiger partial charge on any atom is -0.481 e. The van der Waals surface area contributed by atoms with Gasteiger partial charge >= 0.3 is 5.97 Å². The molecule has 0 aliphatic carbocycles. The van der Waals surface area contributed by atoms with Crippen molar-refractivity contribution in [3.8, 4) is 5.75 Å². The summed E-state index contributed by atoms with van der Waals surface area (Å²) in [6.07, 6.45) is 4.12. The Labute approximate surface area is 256 Å². The number of nitrogens with two attached hydrogens (primary N) is 1. The number of ketones is 1. The van der Waals surface area contributed by atoms with Gasteiger partial charge in [-0.2, -0.15) is 0 Å². The van der Waals surface area contributed by atoms with Crippen molar-refractivity contribution < 1.29 is 24.2 Å². The van der Waals surface area contributed by atoms with E-state index in [0.29, 0.717) is 11.3 Å². The van der Waals surface area contributed by atoms with Crippen molar-refractivity contribution in [2.75, 3.05) is 11.9 Å². The van der Waals surface area contributed by atoms with E-state index in [0.717, 1.165) is 19.3 Å². The highest BCUT2D eigenvalue weighted by molar-refractivity contribution is 8.02. The normalized spacial score (nSPS) is 14.8. The van der Waals surface area contributed by atoms with Gasteiger partial charge in [0.1, 0.15) is 5.75 Å². The Hall–Kier alpha value is -2.13. The summed E-state index contributed by atoms with van der Waals surface area (Å²) in [6, 6.07) is 5.13. The molecule has 0 saturated carbocycles. The lowest BCUT2D eigenvalue weighted by Crippen LogP contribution is -2.43. The minimum atomic E-state index is -1.15. The zero-order chi connectivity index (χ0) is 32.0. The van der Waals surface area contributed by atoms with Crippen molar-refractivity contribution in [2.45, 2.75) is 127 Å². The van der Waals surface area contributed by atoms with Crippen molar-refractivity contribution in [2.24, 2.45) is 5.73 Å². The Kier molecular flexibility index (Phi) is 12.5. The molecule has 0 aromatic heterocycles. The van der Waals surface area contributed by atoms with Crippen LogP contribution < -0.4 is 15.8 Å². The van der Waals surface area contributed by atoms with Crippen LogP contribution in [0.4, 0.5) is 5.69 Å². The summed E-state index contributed by atoms with van der Waals surface area (Å²) in [6.45, 7) is 25.9. The van der Waals surface area contributed by atoms with E-state index in [1.54, 1.807) is 19.1 Å². The van der Waals surface area contributed by atoms with Gasteiger partial charge in [-0.1, -0.05) is 81.4 Å². The Balaban J connectivity index is 3.42. The number of primary amides is 1. The zero-order valence-corrected chi connectivity index (χ0v) is 28.7. The van der Waals surface area contributed by atoms with Crippen LogP contribution in [0.3, 0.4) is 0 Å². The number of anilines is 1. The number of ether oxygens (including phenoxy) is 1. The fraction of sp³-hybridized carbons (Fsp3) is 0.656. The lowest BCUT2D eigenvalue weighted by atomic mass is 9.86. The molecular weight excluding hydrogens is 556 g/mol. The lowest BCUT2D eigenvalue weighted by Gasteiger charge is -2.44. The van der Waals surface area contributed by atoms with Gasteiger partial charge in [-0.15, -0.1) is 23.5 Å². The van der Waals surface area contributed by atoms with E-state index < -0.39 is 29.8 Å². The van der Waals surface area contributed by atoms with Crippen LogP contribution in [0, 0.1) is 0 Å². The molecule has 7 nitrogen and oxygen atoms in total. The first kappa shape index (κ1) is 36.9. The highest BCUT2D eigenvalue weighted by atomic mass is 32.2. The van der Waals surface area contributed by atoms with E-state index in [-0.39, 0.29) is 30.3 Å². The third-order valence-electron chi connectivity index (χ3n) is 6.42. The Morgan fingerprint density at radius 3 is 1.93 bits per heavy atom. The van der Waals surface area contributed by atoms with E-state index in [4.69, 9.17) is 10.5 Å². The van der Waals surface area contributed by atoms with Crippen LogP contribution >= 0.6 is 23.5 Å². The fourth-order valence-electron chi connectivity index (χ4n) is 5.93. The zero-order valence-electron chi connectivity index (χ0n) is 27.1. The van der Waals surface area contributed by atoms with Crippen LogP contribution in [0.15, 0.2) is 24.3 Å². The monoisotopic (exact) mass is 608 g/mol. The molecule has 0 bridgehead atoms. The van der Waals surface area contributed by atoms with Crippen molar-refractivity contribution in [3.05, 3.63) is 29.8 Å². The van der Waals surface area contributed by atoms with Crippen molar-refractivity contribution >= 4 is 52.4 Å². The number of hydrogen-bond acceptors (Lipinski definition) is 7. The molecule has 1 rings (SSSR count). The van der Waals surface area contributed by atoms with Gasteiger partial charge < -0.3 is 20.9 Å². The van der Waals surface area contributed by atoms with Crippen molar-refractivity contribution in [3.63, 3.8) is 0 Å². The topological polar surface area (TPSA) is 119 Å². The molecule has 1 atom stereocenters. The van der Waals surface area contributed by atoms with Gasteiger partial charge in [-0.05, 0) is 45.2 Å². The molecule has 0 saturated heterocycles. The standard InChI is InChI=1S/C32H52N2O5S2/c1-13-21(26(37)27(33)38)25-22(16-15-17-23(25)39-18-24(35)36)34-32(12,14-2)20-31(10,11)41-30(8,9)19-29(6,7)40-28(3,4)5/h13,15-17,34H,14,18-20H2,1-12H3,(H2,33,38)(H,35,36)/b21-13-. The number of carbonyl (C=O) groups excluding carboxylic acids is 2. The average molecular weight is 609 g/mol. The summed E-state index contributed by atoms with van der Waals surface area (Å²) in [4.78, 5) is 35.9. The third kappa shape index (κ3) is 12.3. The Morgan fingerprint density at radius 2 is 1.46 bits per heavy atom. The van der Waals surface area contributed by atoms with Gasteiger partial charge in [0.2, 0.25) is 5.78 Å². The number of carbonyl (C=O) groups is 3. The van der Waals surface area contributed by atoms with Crippen LogP contribution in [0.2, 0.25) is 0 Å². The van der Waals surface area contributed by atoms with Crippen LogP contribution in [-0.2, 0) is 14.4 Å². The molecule has 1 aromatic rings. The summed E-state index contributed by atoms with van der Waals surface area (Å²) in [7, 11) is 0. The molecule has 0 aliphatic heterocycles. The summed E-state index contributed by atoms with van der Waals surface area (Å²) < 4.78 is 5.74. The predicted molar refractivity (Wildman–Crippen MR) is 176 cm³/mol. The molecule has 232 valence electrons. The fourth-order valence-corrected chi connectivity index (χ4v) is 10.4. The number of amides is 1. The molecule has 1 aromatic carbocycles. The van der Waals surface area contributed by atoms with Crippen molar-refractivity contribution in [1.82, 2.24) is 0 Å². The van der Waals surface area contributed by atoms with E-state index in [9.17, 15) is 19.5 Å². The number of allylic oxidation sites excluding steroid dienone is 1. The maximum Gasteiger partial charge on any atom is 0.341 e. The molecule has 9 heteroatoms. The van der Waals surface area contributed by atoms with Crippen molar-refractivity contribution in [1.29, 1.82) is 0 Å². The van der Waals surface area contributed by atoms with Gasteiger partial charge in [-0.25, -0.2) is 4.79 Å². The van der Waals surface area contributed by atoms with E-state index in [2.05, 4.69) is 81.5 Å². The van der Waals surface area contributed by atoms with Gasteiger partial charge in [0.15, 0.2) is 6.61 Å². The Bertz CT molecular complexity index is 1140. The number of rotatable bonds is 16. The quantitative estimate of drug-likeness (QED) is 0.130. The summed E-state index contributed by atoms with van der Waals surface area (Å²) in [5.74, 6) is -2.93. The van der Waals surface area contributed by atoms with E-state index in [1.807, 2.05) is 29.6 Å². The van der Waals surface area contributed by atoms with Gasteiger partial charge in [0, 0.05) is 35.8 Å². The van der Waals surface area contributed by atoms with Gasteiger partial charge in [0.05, 0.1) is 5.56 Å². The lowest BCUT2D eigenvalue weighted by molar-refractivity contribution is -0.139. The Morgan fingerprint density at radius 1 is 0.927 bits per heavy atom. The smallest absolute Gasteiger partial charge is 0.341 e. The number of Topliss-reactive ketones (excluding diaryl/α,β-unsaturated/α-hetero) is 1. The molecule has 4 N–H and O–H groups in total. The first-order chi connectivity index (χ1) is 18.5. The first-order valence-corrected chi connectivity index (χ1v) is 15.8. The minimum absolute atomic E-state index is 0.0156. The SMILES string of the molecule is C/C=C(\C(=O)C(N)=O)c1c(NC(C)(CC)CC(C)(C)SC(C)(C)CC(C)(C)SC(C)(C)C)cccc1OCC(=O)O. The third-order valence-corrected chi connectivity index (χ3v) is 9.13. The first-order valence-electron chi connectivity index (χ1n) is 14.1. The molecular formula is C32H52N2O5S2. The molecule has 0 fully saturated rings. The summed E-state index contributed by atoms with van der Waals surface area (Å²) >= 11 is 3.99. The van der Waals surface area contributed by atoms with Gasteiger partial charge in [-0.3, -0.25) is 9.59 Å². The molecule has 1 amide bonds. The van der Waals surface area contributed by atoms with Crippen LogP contribution in [0.1, 0.15) is 108 Å². The maximum absolute atomic E-state index is 12.8. The maximum atomic E-state index is 12.8. The number of carboxylic acids is 1. The van der Waals surface area contributed by atoms with Crippen LogP contribution in [0.5, 0.6) is 5.75 Å². The average Bonchev–Trinajstić information content (AvgIpc) is 2.75. The van der Waals surface area contributed by atoms with E-state index in [1.165, 1.54) is 6.08 Å². The second-order valence-corrected chi connectivity index (χ2v) is 18.7. The van der Waals surface area contributed by atoms with E-state index >= 15 is 0 Å². The van der Waals surface area contributed by atoms with Crippen LogP contribution in [-0.4, -0.2) is 53.9 Å². The number of benzene rings is 1. The molecule has 0 aliphatic rings. The number of thioether (sulfide) groups is 2. The second kappa shape index (κ2) is 13.9. The number of hydrogen-bond donors (Lipinski definition) is 3. The highest BCUT2D eigenvalue weighted by Gasteiger charge is 2.40. The van der Waals surface area contributed by atoms with Crippen LogP contribution in [0.25, 0.3) is 5.57 Å². The number of carboxylic acid groups (broad SMARTS) is 1. The number of nitrogens with one attached hydrogen (secondary N) is 1. The molecule has 0 radical (unpaired) electrons. The molecule has 1 unspecified atom stereocenters. The largest absolute Gasteiger partial charge is 0.481 e. The molecule has 41 heavy (non-hydrogen) atoms. The predicted octanol–water partition coefficient (Wildman–Crippen LogP) is 7.57. The summed E-state index contributed by atoms with van der Waals surface area (Å²) in [5.41, 5.74) is 5.91.